The highest BCUT2D eigenvalue weighted by Crippen LogP contribution is 2.47. The molecule has 4 heteroatoms. The van der Waals surface area contributed by atoms with Crippen LogP contribution in [0.1, 0.15) is 158 Å². The van der Waals surface area contributed by atoms with Crippen molar-refractivity contribution in [1.29, 1.82) is 0 Å². The quantitative estimate of drug-likeness (QED) is 0.167. The zero-order valence-electron chi connectivity index (χ0n) is 49.7. The molecule has 0 spiro atoms. The Morgan fingerprint density at radius 3 is 0.679 bits per heavy atom. The van der Waals surface area contributed by atoms with Gasteiger partial charge in [0.1, 0.15) is 0 Å². The molecule has 0 bridgehead atoms. The first-order valence-electron chi connectivity index (χ1n) is 28.1. The third kappa shape index (κ3) is 9.86. The topological polar surface area (TPSA) is 43.0 Å². The molecular weight excluding hydrogens is 949 g/mol. The summed E-state index contributed by atoms with van der Waals surface area (Å²) in [6, 6.07) is 57.8. The lowest BCUT2D eigenvalue weighted by Crippen LogP contribution is -2.21. The lowest BCUT2D eigenvalue weighted by molar-refractivity contribution is 0.589. The van der Waals surface area contributed by atoms with Crippen molar-refractivity contribution in [2.75, 3.05) is 0 Å². The van der Waals surface area contributed by atoms with Crippen LogP contribution in [0.2, 0.25) is 0 Å². The zero-order chi connectivity index (χ0) is 56.4. The van der Waals surface area contributed by atoms with Crippen molar-refractivity contribution in [3.63, 3.8) is 0 Å². The molecule has 398 valence electrons. The third-order valence-corrected chi connectivity index (χ3v) is 16.3. The minimum atomic E-state index is -0.332. The van der Waals surface area contributed by atoms with Crippen molar-refractivity contribution >= 4 is 21.8 Å². The van der Waals surface area contributed by atoms with Crippen molar-refractivity contribution < 1.29 is 0 Å². The molecule has 0 N–H and O–H groups in total. The van der Waals surface area contributed by atoms with Gasteiger partial charge in [0, 0.05) is 0 Å². The van der Waals surface area contributed by atoms with E-state index in [0.29, 0.717) is 21.8 Å². The summed E-state index contributed by atoms with van der Waals surface area (Å²) in [4.78, 5) is 30.2. The smallest absolute Gasteiger partial charge is 0.267 e. The molecule has 8 aromatic carbocycles. The van der Waals surface area contributed by atoms with E-state index in [-0.39, 0.29) is 43.6 Å². The maximum atomic E-state index is 15.1. The van der Waals surface area contributed by atoms with Crippen LogP contribution in [0.5, 0.6) is 0 Å². The van der Waals surface area contributed by atoms with Gasteiger partial charge in [-0.25, -0.2) is 4.52 Å². The Morgan fingerprint density at radius 2 is 0.462 bits per heavy atom. The summed E-state index contributed by atoms with van der Waals surface area (Å²) in [7, 11) is 0. The molecule has 0 saturated heterocycles. The SMILES string of the molecule is CC(C)(C)c1ccc(-c2cc(C(C)(C)C)cc(-c3ccc(C(C)(C)C)cc3)c2-c2ccc3c(c2)c(=O)n2c(=O)c4cc(-c5c(-c6ccc(C(C)(C)C)cc6)cc(C(C)(C)C)cc5-c5ccc(C(C)(C)C)cc5)ccc4n32)cc1. The maximum Gasteiger partial charge on any atom is 0.282 e. The van der Waals surface area contributed by atoms with E-state index in [1.165, 1.54) is 37.9 Å². The predicted octanol–water partition coefficient (Wildman–Crippen LogP) is 19.3. The summed E-state index contributed by atoms with van der Waals surface area (Å²) in [6.07, 6.45) is 0. The minimum Gasteiger partial charge on any atom is -0.267 e. The van der Waals surface area contributed by atoms with E-state index in [9.17, 15) is 0 Å². The molecule has 0 aliphatic rings. The Bertz CT molecular complexity index is 3620. The van der Waals surface area contributed by atoms with Crippen LogP contribution in [-0.4, -0.2) is 9.03 Å². The van der Waals surface area contributed by atoms with Gasteiger partial charge in [0.2, 0.25) is 0 Å². The van der Waals surface area contributed by atoms with E-state index in [4.69, 9.17) is 0 Å². The van der Waals surface area contributed by atoms with Gasteiger partial charge in [0.15, 0.2) is 0 Å². The number of hydrogen-bond acceptors (Lipinski definition) is 2. The first-order valence-corrected chi connectivity index (χ1v) is 28.1. The molecule has 0 fully saturated rings. The molecular formula is C74H80N2O2. The van der Waals surface area contributed by atoms with Crippen LogP contribution < -0.4 is 11.1 Å². The van der Waals surface area contributed by atoms with Gasteiger partial charge in [-0.3, -0.25) is 9.59 Å². The van der Waals surface area contributed by atoms with Crippen molar-refractivity contribution in [2.24, 2.45) is 0 Å². The number of hydrogen-bond donors (Lipinski definition) is 0. The molecule has 0 aliphatic heterocycles. The van der Waals surface area contributed by atoms with Crippen molar-refractivity contribution in [3.8, 4) is 66.8 Å². The normalized spacial score (nSPS) is 13.1. The van der Waals surface area contributed by atoms with Gasteiger partial charge in [0.25, 0.3) is 11.1 Å². The molecule has 0 atom stereocenters. The van der Waals surface area contributed by atoms with Gasteiger partial charge in [0.05, 0.1) is 21.8 Å². The minimum absolute atomic E-state index is 0.00328. The summed E-state index contributed by atoms with van der Waals surface area (Å²) in [5.74, 6) is 0. The fraction of sp³-hybridized carbons (Fsp3) is 0.324. The second kappa shape index (κ2) is 18.7. The zero-order valence-corrected chi connectivity index (χ0v) is 49.7. The largest absolute Gasteiger partial charge is 0.282 e. The van der Waals surface area contributed by atoms with Gasteiger partial charge < -0.3 is 0 Å². The van der Waals surface area contributed by atoms with E-state index >= 15 is 9.59 Å². The molecule has 2 aromatic heterocycles. The van der Waals surface area contributed by atoms with E-state index < -0.39 is 0 Å². The summed E-state index contributed by atoms with van der Waals surface area (Å²) < 4.78 is 3.19. The van der Waals surface area contributed by atoms with Crippen LogP contribution in [0.15, 0.2) is 167 Å². The molecule has 4 nitrogen and oxygen atoms in total. The fourth-order valence-corrected chi connectivity index (χ4v) is 11.2. The van der Waals surface area contributed by atoms with E-state index in [1.54, 1.807) is 0 Å². The molecule has 0 amide bonds. The van der Waals surface area contributed by atoms with E-state index in [0.717, 1.165) is 66.8 Å². The lowest BCUT2D eigenvalue weighted by Gasteiger charge is -2.26. The van der Waals surface area contributed by atoms with Crippen LogP contribution in [0.4, 0.5) is 0 Å². The summed E-state index contributed by atoms with van der Waals surface area (Å²) in [6.45, 7) is 40.6. The number of nitrogens with zero attached hydrogens (tertiary/aromatic N) is 2. The van der Waals surface area contributed by atoms with Crippen molar-refractivity contribution in [3.05, 3.63) is 212 Å². The third-order valence-electron chi connectivity index (χ3n) is 16.3. The maximum absolute atomic E-state index is 15.1. The number of fused-ring (bicyclic) bond motifs is 5. The van der Waals surface area contributed by atoms with Crippen molar-refractivity contribution in [1.82, 2.24) is 9.03 Å². The number of rotatable bonds is 6. The molecule has 10 rings (SSSR count). The monoisotopic (exact) mass is 1030 g/mol. The Hall–Kier alpha value is -7.30. The molecule has 0 radical (unpaired) electrons. The molecule has 78 heavy (non-hydrogen) atoms. The molecule has 0 aliphatic carbocycles. The fourth-order valence-electron chi connectivity index (χ4n) is 11.2. The number of benzene rings is 8. The Kier molecular flexibility index (Phi) is 13.0. The molecule has 10 aromatic rings. The van der Waals surface area contributed by atoms with Gasteiger partial charge in [-0.1, -0.05) is 234 Å². The summed E-state index contributed by atoms with van der Waals surface area (Å²) in [5, 5.41) is 0.997. The van der Waals surface area contributed by atoms with Gasteiger partial charge >= 0.3 is 0 Å². The first kappa shape index (κ1) is 54.1. The van der Waals surface area contributed by atoms with Gasteiger partial charge in [-0.05, 0) is 181 Å². The average molecular weight is 1030 g/mol. The molecule has 0 saturated carbocycles. The van der Waals surface area contributed by atoms with Crippen LogP contribution >= 0.6 is 0 Å². The standard InChI is InChI=1S/C74H80N2O2/c1-69(2,3)51-29-19-45(20-30-51)57-41-55(73(13,14)15)42-58(46-21-31-52(32-22-46)70(4,5)6)65(57)49-27-37-63-61(39-49)67(77)76-68(78)62-40-50(28-38-64(62)75(63)76)66-59(47-23-33-53(34-24-47)71(7,8)9)43-56(74(16,17)18)44-60(66)48-25-35-54(36-26-48)72(10,11)12/h19-44H,1-18H3. The Balaban J connectivity index is 1.20. The average Bonchev–Trinajstić information content (AvgIpc) is 3.94. The molecule has 2 heterocycles. The Labute approximate surface area is 464 Å². The second-order valence-corrected chi connectivity index (χ2v) is 28.4. The van der Waals surface area contributed by atoms with Crippen LogP contribution in [0.25, 0.3) is 88.6 Å². The molecule has 0 unspecified atom stereocenters. The Morgan fingerprint density at radius 1 is 0.244 bits per heavy atom. The highest BCUT2D eigenvalue weighted by Gasteiger charge is 2.28. The van der Waals surface area contributed by atoms with Crippen LogP contribution in [0.3, 0.4) is 0 Å². The van der Waals surface area contributed by atoms with Crippen LogP contribution in [-0.2, 0) is 32.5 Å². The first-order chi connectivity index (χ1) is 36.3. The van der Waals surface area contributed by atoms with Crippen LogP contribution in [0, 0.1) is 0 Å². The number of aromatic nitrogens is 2. The second-order valence-electron chi connectivity index (χ2n) is 28.4. The highest BCUT2D eigenvalue weighted by atomic mass is 16.2. The van der Waals surface area contributed by atoms with Gasteiger partial charge in [-0.15, -0.1) is 0 Å². The van der Waals surface area contributed by atoms with E-state index in [2.05, 4.69) is 258 Å². The lowest BCUT2D eigenvalue weighted by atomic mass is 9.78. The predicted molar refractivity (Wildman–Crippen MR) is 334 cm³/mol. The van der Waals surface area contributed by atoms with Crippen molar-refractivity contribution in [2.45, 2.75) is 157 Å². The summed E-state index contributed by atoms with van der Waals surface area (Å²) >= 11 is 0. The van der Waals surface area contributed by atoms with E-state index in [1.807, 2.05) is 28.8 Å². The highest BCUT2D eigenvalue weighted by molar-refractivity contribution is 6.01. The summed E-state index contributed by atoms with van der Waals surface area (Å²) in [5.41, 5.74) is 20.7. The van der Waals surface area contributed by atoms with Gasteiger partial charge in [-0.2, -0.15) is 4.52 Å².